The molecule has 1 aliphatic rings. The zero-order valence-electron chi connectivity index (χ0n) is 23.6. The van der Waals surface area contributed by atoms with Gasteiger partial charge in [0.1, 0.15) is 11.5 Å². The largest absolute Gasteiger partial charge is 0.507 e. The Labute approximate surface area is 232 Å². The fourth-order valence-electron chi connectivity index (χ4n) is 4.93. The lowest BCUT2D eigenvalue weighted by Crippen LogP contribution is -2.33. The molecule has 0 amide bonds. The Morgan fingerprint density at radius 2 is 1.87 bits per heavy atom. The van der Waals surface area contributed by atoms with Gasteiger partial charge in [-0.3, -0.25) is 9.05 Å². The van der Waals surface area contributed by atoms with Crippen molar-refractivity contribution >= 4 is 13.8 Å². The van der Waals surface area contributed by atoms with Crippen LogP contribution in [0.2, 0.25) is 0 Å². The maximum absolute atomic E-state index is 13.5. The summed E-state index contributed by atoms with van der Waals surface area (Å²) in [7, 11) is -4.60. The summed E-state index contributed by atoms with van der Waals surface area (Å²) in [6, 6.07) is 12.4. The van der Waals surface area contributed by atoms with E-state index in [0.29, 0.717) is 17.5 Å². The molecule has 4 atom stereocenters. The second kappa shape index (κ2) is 13.6. The number of ether oxygens (including phenoxy) is 1. The van der Waals surface area contributed by atoms with Crippen LogP contribution in [0, 0.1) is 11.8 Å². The number of allylic oxidation sites excluding steroid dienone is 3. The Morgan fingerprint density at radius 3 is 2.49 bits per heavy atom. The minimum Gasteiger partial charge on any atom is -0.507 e. The SMILES string of the molecule is C=C(C)[C@@H]1CCC(C)=C[C@H]1c1c(O)cc(CCC)cc1OC(=O)C(OP(=O)(O)OCc1ccccc1)C(C)C. The van der Waals surface area contributed by atoms with Crippen LogP contribution >= 0.6 is 7.82 Å². The first-order valence-electron chi connectivity index (χ1n) is 13.5. The van der Waals surface area contributed by atoms with Crippen LogP contribution < -0.4 is 4.74 Å². The summed E-state index contributed by atoms with van der Waals surface area (Å²) in [5.74, 6) is -1.22. The van der Waals surface area contributed by atoms with E-state index in [1.54, 1.807) is 50.2 Å². The number of rotatable bonds is 12. The molecule has 0 bridgehead atoms. The van der Waals surface area contributed by atoms with E-state index >= 15 is 0 Å². The van der Waals surface area contributed by atoms with E-state index in [4.69, 9.17) is 13.8 Å². The van der Waals surface area contributed by atoms with Crippen LogP contribution in [0.5, 0.6) is 11.5 Å². The molecule has 8 heteroatoms. The lowest BCUT2D eigenvalue weighted by molar-refractivity contribution is -0.145. The first-order chi connectivity index (χ1) is 18.4. The Morgan fingerprint density at radius 1 is 1.18 bits per heavy atom. The number of phenols is 1. The number of carbonyl (C=O) groups excluding carboxylic acids is 1. The molecule has 2 aromatic carbocycles. The van der Waals surface area contributed by atoms with Crippen molar-refractivity contribution in [3.63, 3.8) is 0 Å². The number of hydrogen-bond acceptors (Lipinski definition) is 6. The number of aromatic hydroxyl groups is 1. The van der Waals surface area contributed by atoms with E-state index in [0.717, 1.165) is 30.4 Å². The summed E-state index contributed by atoms with van der Waals surface area (Å²) in [4.78, 5) is 23.8. The van der Waals surface area contributed by atoms with Crippen molar-refractivity contribution in [2.75, 3.05) is 0 Å². The standard InChI is InChI=1S/C31H41O7P/c1-7-11-24-17-27(32)29(26-16-22(6)14-15-25(26)20(2)3)28(18-24)37-31(33)30(21(4)5)38-39(34,35)36-19-23-12-9-8-10-13-23/h8-10,12-13,16-18,21,25-26,30,32H,2,7,11,14-15,19H2,1,3-6H3,(H,34,35)/t25-,26+,30?/m0/s1. The number of carbonyl (C=O) groups is 1. The van der Waals surface area contributed by atoms with Crippen LogP contribution in [0.1, 0.15) is 76.5 Å². The molecular formula is C31H41O7P. The van der Waals surface area contributed by atoms with Crippen LogP contribution in [0.4, 0.5) is 0 Å². The second-order valence-electron chi connectivity index (χ2n) is 10.7. The molecule has 0 radical (unpaired) electrons. The van der Waals surface area contributed by atoms with E-state index in [2.05, 4.69) is 12.7 Å². The fourth-order valence-corrected chi connectivity index (χ4v) is 5.92. The smallest absolute Gasteiger partial charge is 0.473 e. The number of aryl methyl sites for hydroxylation is 1. The van der Waals surface area contributed by atoms with E-state index in [-0.39, 0.29) is 29.9 Å². The summed E-state index contributed by atoms with van der Waals surface area (Å²) in [5, 5.41) is 11.2. The molecule has 0 fully saturated rings. The van der Waals surface area contributed by atoms with E-state index in [1.165, 1.54) is 5.57 Å². The molecule has 0 saturated heterocycles. The zero-order chi connectivity index (χ0) is 28.7. The predicted octanol–water partition coefficient (Wildman–Crippen LogP) is 7.62. The minimum atomic E-state index is -4.60. The van der Waals surface area contributed by atoms with Gasteiger partial charge in [0.15, 0.2) is 6.10 Å². The van der Waals surface area contributed by atoms with Gasteiger partial charge in [-0.25, -0.2) is 9.36 Å². The molecule has 7 nitrogen and oxygen atoms in total. The third-order valence-electron chi connectivity index (χ3n) is 6.96. The molecule has 2 unspecified atom stereocenters. The molecule has 39 heavy (non-hydrogen) atoms. The highest BCUT2D eigenvalue weighted by atomic mass is 31.2. The third kappa shape index (κ3) is 8.39. The van der Waals surface area contributed by atoms with Crippen molar-refractivity contribution in [1.29, 1.82) is 0 Å². The van der Waals surface area contributed by atoms with Gasteiger partial charge in [-0.1, -0.05) is 81.3 Å². The Hall–Kier alpha value is -2.70. The van der Waals surface area contributed by atoms with Gasteiger partial charge in [0.05, 0.1) is 6.61 Å². The molecule has 0 aromatic heterocycles. The van der Waals surface area contributed by atoms with Gasteiger partial charge in [-0.15, -0.1) is 0 Å². The highest BCUT2D eigenvalue weighted by Gasteiger charge is 2.37. The predicted molar refractivity (Wildman–Crippen MR) is 153 cm³/mol. The van der Waals surface area contributed by atoms with Gasteiger partial charge in [0.2, 0.25) is 0 Å². The summed E-state index contributed by atoms with van der Waals surface area (Å²) < 4.78 is 29.2. The molecule has 212 valence electrons. The summed E-state index contributed by atoms with van der Waals surface area (Å²) >= 11 is 0. The van der Waals surface area contributed by atoms with Crippen molar-refractivity contribution in [2.24, 2.45) is 11.8 Å². The topological polar surface area (TPSA) is 102 Å². The van der Waals surface area contributed by atoms with Gasteiger partial charge in [0.25, 0.3) is 0 Å². The van der Waals surface area contributed by atoms with Crippen molar-refractivity contribution in [1.82, 2.24) is 0 Å². The van der Waals surface area contributed by atoms with Gasteiger partial charge in [-0.2, -0.15) is 0 Å². The lowest BCUT2D eigenvalue weighted by atomic mass is 9.73. The van der Waals surface area contributed by atoms with Gasteiger partial charge in [0, 0.05) is 11.5 Å². The maximum Gasteiger partial charge on any atom is 0.473 e. The normalized spacial score (nSPS) is 19.7. The number of esters is 1. The minimum absolute atomic E-state index is 0.0481. The van der Waals surface area contributed by atoms with E-state index < -0.39 is 25.8 Å². The van der Waals surface area contributed by atoms with Gasteiger partial charge in [-0.05, 0) is 68.2 Å². The van der Waals surface area contributed by atoms with E-state index in [1.807, 2.05) is 26.8 Å². The van der Waals surface area contributed by atoms with Crippen molar-refractivity contribution in [2.45, 2.75) is 78.9 Å². The summed E-state index contributed by atoms with van der Waals surface area (Å²) in [5.41, 5.74) is 4.19. The number of phosphoric ester groups is 1. The molecule has 0 saturated carbocycles. The van der Waals surface area contributed by atoms with Crippen LogP contribution in [-0.4, -0.2) is 22.1 Å². The lowest BCUT2D eigenvalue weighted by Gasteiger charge is -2.32. The Bertz CT molecular complexity index is 1230. The quantitative estimate of drug-likeness (QED) is 0.120. The van der Waals surface area contributed by atoms with Crippen molar-refractivity contribution < 1.29 is 33.1 Å². The number of phenolic OH excluding ortho intramolecular Hbond substituents is 1. The van der Waals surface area contributed by atoms with Gasteiger partial charge < -0.3 is 14.7 Å². The average molecular weight is 557 g/mol. The second-order valence-corrected chi connectivity index (χ2v) is 12.1. The van der Waals surface area contributed by atoms with Crippen LogP contribution in [0.3, 0.4) is 0 Å². The third-order valence-corrected chi connectivity index (χ3v) is 7.91. The highest BCUT2D eigenvalue weighted by Crippen LogP contribution is 2.49. The van der Waals surface area contributed by atoms with Crippen molar-refractivity contribution in [3.8, 4) is 11.5 Å². The fraction of sp³-hybridized carbons (Fsp3) is 0.452. The molecule has 1 aliphatic carbocycles. The monoisotopic (exact) mass is 556 g/mol. The molecule has 0 aliphatic heterocycles. The Balaban J connectivity index is 1.92. The number of phosphoric acid groups is 1. The first kappa shape index (κ1) is 30.8. The van der Waals surface area contributed by atoms with Gasteiger partial charge >= 0.3 is 13.8 Å². The van der Waals surface area contributed by atoms with Crippen molar-refractivity contribution in [3.05, 3.63) is 83.0 Å². The number of hydrogen-bond donors (Lipinski definition) is 2. The molecule has 0 spiro atoms. The van der Waals surface area contributed by atoms with E-state index in [9.17, 15) is 19.4 Å². The van der Waals surface area contributed by atoms with Crippen LogP contribution in [0.25, 0.3) is 0 Å². The number of benzene rings is 2. The average Bonchev–Trinajstić information content (AvgIpc) is 2.86. The summed E-state index contributed by atoms with van der Waals surface area (Å²) in [6.07, 6.45) is 4.05. The zero-order valence-corrected chi connectivity index (χ0v) is 24.4. The molecule has 3 rings (SSSR count). The highest BCUT2D eigenvalue weighted by molar-refractivity contribution is 7.47. The molecule has 2 N–H and O–H groups in total. The maximum atomic E-state index is 13.5. The molecule has 2 aromatic rings. The summed E-state index contributed by atoms with van der Waals surface area (Å²) in [6.45, 7) is 13.4. The Kier molecular flexibility index (Phi) is 10.7. The van der Waals surface area contributed by atoms with Crippen LogP contribution in [0.15, 0.2) is 66.3 Å². The van der Waals surface area contributed by atoms with Crippen LogP contribution in [-0.2, 0) is 31.4 Å². The molecular weight excluding hydrogens is 515 g/mol. The molecule has 0 heterocycles. The first-order valence-corrected chi connectivity index (χ1v) is 15.0.